The average molecular weight is 498 g/mol. The Bertz CT molecular complexity index is 1600. The molecule has 5 rings (SSSR count). The van der Waals surface area contributed by atoms with Gasteiger partial charge in [0.15, 0.2) is 0 Å². The normalized spacial score (nSPS) is 18.9. The quantitative estimate of drug-likeness (QED) is 0.391. The van der Waals surface area contributed by atoms with Gasteiger partial charge in [0.2, 0.25) is 5.52 Å². The molecular formula is C27H24FN7O2. The Morgan fingerprint density at radius 1 is 1.16 bits per heavy atom. The first-order valence-corrected chi connectivity index (χ1v) is 11.8. The van der Waals surface area contributed by atoms with E-state index in [1.54, 1.807) is 37.4 Å². The van der Waals surface area contributed by atoms with Crippen molar-refractivity contribution in [1.29, 1.82) is 5.26 Å². The topological polar surface area (TPSA) is 95.6 Å². The van der Waals surface area contributed by atoms with Gasteiger partial charge in [0.05, 0.1) is 11.6 Å². The van der Waals surface area contributed by atoms with Gasteiger partial charge in [0.25, 0.3) is 11.4 Å². The highest BCUT2D eigenvalue weighted by Gasteiger charge is 2.38. The van der Waals surface area contributed by atoms with Crippen LogP contribution in [0.2, 0.25) is 0 Å². The first-order chi connectivity index (χ1) is 17.8. The SMILES string of the molecule is [C-]#[N+]c1ccc2c(n1)c(N1C[C@@H](C)N(C(c3ccc(F)cc3)c3ccon3)C[C@@H]1C)c(C#N)c(=O)n2C. The summed E-state index contributed by atoms with van der Waals surface area (Å²) >= 11 is 0. The van der Waals surface area contributed by atoms with Crippen LogP contribution in [0.1, 0.15) is 36.7 Å². The summed E-state index contributed by atoms with van der Waals surface area (Å²) in [4.78, 5) is 25.4. The van der Waals surface area contributed by atoms with Gasteiger partial charge in [-0.15, -0.1) is 4.98 Å². The molecule has 0 amide bonds. The van der Waals surface area contributed by atoms with Crippen molar-refractivity contribution in [1.82, 2.24) is 19.6 Å². The summed E-state index contributed by atoms with van der Waals surface area (Å²) in [6, 6.07) is 13.0. The number of rotatable bonds is 4. The number of aryl methyl sites for hydroxylation is 1. The van der Waals surface area contributed by atoms with Crippen LogP contribution in [0.3, 0.4) is 0 Å². The Morgan fingerprint density at radius 3 is 2.57 bits per heavy atom. The zero-order valence-corrected chi connectivity index (χ0v) is 20.6. The Hall–Kier alpha value is -4.54. The Morgan fingerprint density at radius 2 is 1.92 bits per heavy atom. The minimum Gasteiger partial charge on any atom is -0.364 e. The average Bonchev–Trinajstić information content (AvgIpc) is 3.43. The number of hydrogen-bond donors (Lipinski definition) is 0. The molecule has 4 heterocycles. The Labute approximate surface area is 212 Å². The van der Waals surface area contributed by atoms with Crippen molar-refractivity contribution in [3.05, 3.63) is 93.1 Å². The molecule has 186 valence electrons. The fourth-order valence-electron chi connectivity index (χ4n) is 5.19. The van der Waals surface area contributed by atoms with Gasteiger partial charge in [-0.3, -0.25) is 9.69 Å². The highest BCUT2D eigenvalue weighted by atomic mass is 19.1. The third-order valence-corrected chi connectivity index (χ3v) is 7.00. The number of nitriles is 1. The lowest BCUT2D eigenvalue weighted by atomic mass is 9.96. The largest absolute Gasteiger partial charge is 0.364 e. The lowest BCUT2D eigenvalue weighted by Gasteiger charge is -2.48. The molecule has 1 saturated heterocycles. The number of halogens is 1. The molecule has 0 aliphatic carbocycles. The van der Waals surface area contributed by atoms with Crippen LogP contribution in [0.15, 0.2) is 58.0 Å². The zero-order valence-electron chi connectivity index (χ0n) is 20.6. The minimum atomic E-state index is -0.406. The molecule has 0 bridgehead atoms. The Balaban J connectivity index is 1.60. The maximum absolute atomic E-state index is 13.7. The van der Waals surface area contributed by atoms with Crippen LogP contribution in [0.25, 0.3) is 15.9 Å². The van der Waals surface area contributed by atoms with Crippen LogP contribution >= 0.6 is 0 Å². The molecule has 0 saturated carbocycles. The van der Waals surface area contributed by atoms with Gasteiger partial charge in [0, 0.05) is 38.3 Å². The summed E-state index contributed by atoms with van der Waals surface area (Å²) in [7, 11) is 1.60. The molecule has 1 aromatic carbocycles. The molecular weight excluding hydrogens is 473 g/mol. The number of nitrogens with zero attached hydrogens (tertiary/aromatic N) is 7. The van der Waals surface area contributed by atoms with E-state index in [0.29, 0.717) is 35.5 Å². The smallest absolute Gasteiger partial charge is 0.271 e. The van der Waals surface area contributed by atoms with Crippen molar-refractivity contribution in [3.63, 3.8) is 0 Å². The zero-order chi connectivity index (χ0) is 26.3. The first kappa shape index (κ1) is 24.2. The van der Waals surface area contributed by atoms with Crippen LogP contribution in [0.4, 0.5) is 15.9 Å². The third kappa shape index (κ3) is 4.11. The predicted octanol–water partition coefficient (Wildman–Crippen LogP) is 4.17. The van der Waals surface area contributed by atoms with E-state index in [4.69, 9.17) is 11.1 Å². The van der Waals surface area contributed by atoms with Crippen LogP contribution in [0, 0.1) is 23.7 Å². The number of aromatic nitrogens is 3. The van der Waals surface area contributed by atoms with Crippen LogP contribution < -0.4 is 10.5 Å². The highest BCUT2D eigenvalue weighted by Crippen LogP contribution is 2.37. The van der Waals surface area contributed by atoms with E-state index in [-0.39, 0.29) is 35.3 Å². The molecule has 0 radical (unpaired) electrons. The van der Waals surface area contributed by atoms with Gasteiger partial charge >= 0.3 is 0 Å². The van der Waals surface area contributed by atoms with Gasteiger partial charge in [-0.25, -0.2) is 4.39 Å². The predicted molar refractivity (Wildman–Crippen MR) is 136 cm³/mol. The number of anilines is 1. The summed E-state index contributed by atoms with van der Waals surface area (Å²) in [6.07, 6.45) is 1.52. The van der Waals surface area contributed by atoms with Crippen molar-refractivity contribution in [2.45, 2.75) is 32.0 Å². The second kappa shape index (κ2) is 9.49. The lowest BCUT2D eigenvalue weighted by Crippen LogP contribution is -2.58. The van der Waals surface area contributed by atoms with Crippen LogP contribution in [0.5, 0.6) is 0 Å². The van der Waals surface area contributed by atoms with E-state index in [0.717, 1.165) is 5.56 Å². The molecule has 1 fully saturated rings. The molecule has 0 N–H and O–H groups in total. The molecule has 9 nitrogen and oxygen atoms in total. The highest BCUT2D eigenvalue weighted by molar-refractivity contribution is 5.93. The van der Waals surface area contributed by atoms with E-state index in [2.05, 4.69) is 32.9 Å². The maximum Gasteiger partial charge on any atom is 0.271 e. The fraction of sp³-hybridized carbons (Fsp3) is 0.296. The number of fused-ring (bicyclic) bond motifs is 1. The summed E-state index contributed by atoms with van der Waals surface area (Å²) in [5, 5.41) is 14.2. The molecule has 1 aliphatic heterocycles. The van der Waals surface area contributed by atoms with E-state index in [1.807, 2.05) is 11.8 Å². The Kier molecular flexibility index (Phi) is 6.20. The maximum atomic E-state index is 13.7. The molecule has 3 aromatic heterocycles. The monoisotopic (exact) mass is 497 g/mol. The van der Waals surface area contributed by atoms with Crippen molar-refractivity contribution in [3.8, 4) is 6.07 Å². The van der Waals surface area contributed by atoms with Crippen LogP contribution in [-0.2, 0) is 7.05 Å². The molecule has 3 atom stereocenters. The molecule has 37 heavy (non-hydrogen) atoms. The lowest BCUT2D eigenvalue weighted by molar-refractivity contribution is 0.125. The van der Waals surface area contributed by atoms with E-state index >= 15 is 0 Å². The molecule has 10 heteroatoms. The first-order valence-electron chi connectivity index (χ1n) is 11.8. The van der Waals surface area contributed by atoms with Gasteiger partial charge in [-0.2, -0.15) is 5.26 Å². The minimum absolute atomic E-state index is 0.00344. The second-order valence-corrected chi connectivity index (χ2v) is 9.27. The molecule has 1 unspecified atom stereocenters. The molecule has 1 aliphatic rings. The number of piperazine rings is 1. The van der Waals surface area contributed by atoms with E-state index < -0.39 is 5.56 Å². The van der Waals surface area contributed by atoms with Crippen molar-refractivity contribution >= 4 is 22.5 Å². The number of pyridine rings is 2. The van der Waals surface area contributed by atoms with Crippen molar-refractivity contribution < 1.29 is 8.91 Å². The van der Waals surface area contributed by atoms with E-state index in [1.165, 1.54) is 23.0 Å². The fourth-order valence-corrected chi connectivity index (χ4v) is 5.19. The summed E-state index contributed by atoms with van der Waals surface area (Å²) in [6.45, 7) is 12.5. The molecule has 0 spiro atoms. The number of hydrogen-bond acceptors (Lipinski definition) is 7. The van der Waals surface area contributed by atoms with Crippen molar-refractivity contribution in [2.24, 2.45) is 7.05 Å². The van der Waals surface area contributed by atoms with Crippen molar-refractivity contribution in [2.75, 3.05) is 18.0 Å². The van der Waals surface area contributed by atoms with E-state index in [9.17, 15) is 14.4 Å². The standard InChI is InChI=1S/C27H24FN7O2/c1-16-15-35(26-20(13-29)27(36)33(4)22-9-10-23(30-3)31-24(22)26)17(2)14-34(16)25(21-11-12-37-32-21)18-5-7-19(28)8-6-18/h5-12,16-17,25H,14-15H2,1-2,4H3/t16-,17+,25?/m1/s1. The number of benzene rings is 1. The third-order valence-electron chi connectivity index (χ3n) is 7.00. The molecule has 4 aromatic rings. The van der Waals surface area contributed by atoms with Crippen LogP contribution in [-0.4, -0.2) is 44.8 Å². The van der Waals surface area contributed by atoms with Gasteiger partial charge in [-0.1, -0.05) is 23.9 Å². The van der Waals surface area contributed by atoms with Gasteiger partial charge in [-0.05, 0) is 43.7 Å². The second-order valence-electron chi connectivity index (χ2n) is 9.27. The summed E-state index contributed by atoms with van der Waals surface area (Å²) < 4.78 is 20.2. The summed E-state index contributed by atoms with van der Waals surface area (Å²) in [5.41, 5.74) is 2.64. The summed E-state index contributed by atoms with van der Waals surface area (Å²) in [5.74, 6) is -0.125. The van der Waals surface area contributed by atoms with Gasteiger partial charge < -0.3 is 18.8 Å². The van der Waals surface area contributed by atoms with Gasteiger partial charge in [0.1, 0.15) is 35.1 Å².